The largest absolute Gasteiger partial charge is 0.249 e. The van der Waals surface area contributed by atoms with E-state index in [4.69, 9.17) is 4.78 Å². The maximum atomic E-state index is 11.3. The number of nitrogens with one attached hydrogen (secondary N) is 1. The van der Waals surface area contributed by atoms with Crippen LogP contribution in [0.5, 0.6) is 0 Å². The summed E-state index contributed by atoms with van der Waals surface area (Å²) >= 11 is 0. The number of benzene rings is 1. The molecule has 3 heteroatoms. The topological polar surface area (TPSA) is 40.9 Å². The van der Waals surface area contributed by atoms with E-state index in [9.17, 15) is 4.21 Å². The van der Waals surface area contributed by atoms with Crippen LogP contribution in [-0.4, -0.2) is 10.5 Å². The molecule has 72 valence electrons. The number of hydrogen-bond donors (Lipinski definition) is 1. The molecule has 1 N–H and O–H groups in total. The molecule has 0 amide bonds. The Morgan fingerprint density at radius 3 is 2.00 bits per heavy atom. The molecule has 0 aromatic heterocycles. The van der Waals surface area contributed by atoms with Gasteiger partial charge >= 0.3 is 0 Å². The van der Waals surface area contributed by atoms with Crippen LogP contribution in [0.25, 0.3) is 0 Å². The van der Waals surface area contributed by atoms with Crippen molar-refractivity contribution in [2.75, 3.05) is 6.26 Å². The molecule has 0 radical (unpaired) electrons. The van der Waals surface area contributed by atoms with Crippen molar-refractivity contribution in [3.63, 3.8) is 0 Å². The molecule has 0 unspecified atom stereocenters. The van der Waals surface area contributed by atoms with Crippen molar-refractivity contribution in [2.24, 2.45) is 0 Å². The third-order valence-electron chi connectivity index (χ3n) is 2.00. The third-order valence-corrected chi connectivity index (χ3v) is 3.17. The van der Waals surface area contributed by atoms with Crippen molar-refractivity contribution in [3.05, 3.63) is 29.8 Å². The molecule has 0 aliphatic rings. The van der Waals surface area contributed by atoms with E-state index in [1.165, 1.54) is 11.8 Å². The highest BCUT2D eigenvalue weighted by atomic mass is 32.2. The van der Waals surface area contributed by atoms with E-state index in [2.05, 4.69) is 13.8 Å². The van der Waals surface area contributed by atoms with Crippen LogP contribution in [0.1, 0.15) is 25.3 Å². The molecular formula is C10H15NOS. The summed E-state index contributed by atoms with van der Waals surface area (Å²) in [7, 11) is -2.55. The van der Waals surface area contributed by atoms with E-state index in [1.54, 1.807) is 12.1 Å². The van der Waals surface area contributed by atoms with Gasteiger partial charge in [0.15, 0.2) is 0 Å². The van der Waals surface area contributed by atoms with Gasteiger partial charge in [0.25, 0.3) is 0 Å². The van der Waals surface area contributed by atoms with Gasteiger partial charge in [-0.25, -0.2) is 8.99 Å². The lowest BCUT2D eigenvalue weighted by molar-refractivity contribution is 0.679. The molecule has 1 aromatic rings. The van der Waals surface area contributed by atoms with Crippen molar-refractivity contribution in [1.82, 2.24) is 0 Å². The first kappa shape index (κ1) is 10.3. The van der Waals surface area contributed by atoms with Crippen LogP contribution in [0.3, 0.4) is 0 Å². The van der Waals surface area contributed by atoms with Crippen molar-refractivity contribution in [1.29, 1.82) is 4.78 Å². The van der Waals surface area contributed by atoms with E-state index in [0.717, 1.165) is 0 Å². The molecule has 0 aliphatic heterocycles. The minimum absolute atomic E-state index is 0.479. The molecule has 0 saturated heterocycles. The smallest absolute Gasteiger partial charge is 0.0696 e. The quantitative estimate of drug-likeness (QED) is 0.778. The zero-order valence-corrected chi connectivity index (χ0v) is 9.02. The molecule has 1 rings (SSSR count). The second kappa shape index (κ2) is 3.50. The monoisotopic (exact) mass is 197 g/mol. The van der Waals surface area contributed by atoms with Gasteiger partial charge in [0.05, 0.1) is 9.73 Å². The minimum Gasteiger partial charge on any atom is -0.249 e. The van der Waals surface area contributed by atoms with Crippen molar-refractivity contribution in [2.45, 2.75) is 24.7 Å². The first-order valence-electron chi connectivity index (χ1n) is 4.25. The molecule has 13 heavy (non-hydrogen) atoms. The Bertz CT molecular complexity index is 376. The zero-order valence-electron chi connectivity index (χ0n) is 8.20. The van der Waals surface area contributed by atoms with Crippen LogP contribution in [0.4, 0.5) is 0 Å². The highest BCUT2D eigenvalue weighted by Crippen LogP contribution is 2.17. The Kier molecular flexibility index (Phi) is 2.76. The summed E-state index contributed by atoms with van der Waals surface area (Å²) in [5, 5.41) is 0. The Labute approximate surface area is 80.0 Å². The number of hydrogen-bond acceptors (Lipinski definition) is 2. The van der Waals surface area contributed by atoms with Gasteiger partial charge in [0, 0.05) is 11.2 Å². The first-order valence-corrected chi connectivity index (χ1v) is 6.21. The predicted molar refractivity (Wildman–Crippen MR) is 55.6 cm³/mol. The lowest BCUT2D eigenvalue weighted by atomic mass is 10.0. The summed E-state index contributed by atoms with van der Waals surface area (Å²) in [6.45, 7) is 4.22. The van der Waals surface area contributed by atoms with Crippen LogP contribution in [0.2, 0.25) is 0 Å². The Hall–Kier alpha value is -0.830. The summed E-state index contributed by atoms with van der Waals surface area (Å²) < 4.78 is 18.7. The lowest BCUT2D eigenvalue weighted by Crippen LogP contribution is -1.95. The van der Waals surface area contributed by atoms with E-state index in [1.807, 2.05) is 12.1 Å². The van der Waals surface area contributed by atoms with Crippen LogP contribution in [0.15, 0.2) is 29.2 Å². The second-order valence-corrected chi connectivity index (χ2v) is 5.73. The molecule has 0 aliphatic carbocycles. The van der Waals surface area contributed by atoms with Crippen molar-refractivity contribution < 1.29 is 4.21 Å². The van der Waals surface area contributed by atoms with Gasteiger partial charge in [0.1, 0.15) is 0 Å². The average molecular weight is 197 g/mol. The molecule has 0 heterocycles. The van der Waals surface area contributed by atoms with Crippen LogP contribution < -0.4 is 0 Å². The van der Waals surface area contributed by atoms with E-state index < -0.39 is 9.73 Å². The molecule has 1 atom stereocenters. The summed E-state index contributed by atoms with van der Waals surface area (Å²) in [4.78, 5) is 0.608. The molecule has 0 fully saturated rings. The fraction of sp³-hybridized carbons (Fsp3) is 0.400. The van der Waals surface area contributed by atoms with E-state index in [-0.39, 0.29) is 0 Å². The van der Waals surface area contributed by atoms with Crippen LogP contribution in [0, 0.1) is 4.78 Å². The average Bonchev–Trinajstić information content (AvgIpc) is 2.03. The maximum absolute atomic E-state index is 11.3. The molecule has 1 aromatic carbocycles. The van der Waals surface area contributed by atoms with E-state index >= 15 is 0 Å². The molecular weight excluding hydrogens is 182 g/mol. The van der Waals surface area contributed by atoms with Gasteiger partial charge in [-0.15, -0.1) is 0 Å². The van der Waals surface area contributed by atoms with Gasteiger partial charge in [0.2, 0.25) is 0 Å². The maximum Gasteiger partial charge on any atom is 0.0696 e. The molecule has 2 nitrogen and oxygen atoms in total. The summed E-state index contributed by atoms with van der Waals surface area (Å²) in [6.07, 6.45) is 1.44. The zero-order chi connectivity index (χ0) is 10.1. The molecule has 0 saturated carbocycles. The first-order chi connectivity index (χ1) is 5.91. The number of rotatable bonds is 2. The standard InChI is InChI=1S/C10H15NOS/c1-8(2)9-4-6-10(7-5-9)13(3,11)12/h4-8,11H,1-3H3/t13-/m1/s1. The molecule has 0 spiro atoms. The van der Waals surface area contributed by atoms with Gasteiger partial charge in [-0.3, -0.25) is 0 Å². The van der Waals surface area contributed by atoms with Gasteiger partial charge in [-0.2, -0.15) is 0 Å². The highest BCUT2D eigenvalue weighted by molar-refractivity contribution is 7.91. The Morgan fingerprint density at radius 2 is 1.69 bits per heavy atom. The van der Waals surface area contributed by atoms with E-state index in [0.29, 0.717) is 10.8 Å². The van der Waals surface area contributed by atoms with Crippen molar-refractivity contribution in [3.8, 4) is 0 Å². The van der Waals surface area contributed by atoms with Crippen LogP contribution in [-0.2, 0) is 9.73 Å². The fourth-order valence-corrected chi connectivity index (χ4v) is 1.77. The SMILES string of the molecule is CC(C)c1ccc([S@](C)(=N)=O)cc1. The highest BCUT2D eigenvalue weighted by Gasteiger charge is 2.03. The normalized spacial score (nSPS) is 15.7. The third kappa shape index (κ3) is 2.56. The second-order valence-electron chi connectivity index (χ2n) is 3.57. The van der Waals surface area contributed by atoms with Gasteiger partial charge in [-0.1, -0.05) is 26.0 Å². The van der Waals surface area contributed by atoms with Gasteiger partial charge in [-0.05, 0) is 23.6 Å². The Balaban J connectivity index is 3.08. The Morgan fingerprint density at radius 1 is 1.23 bits per heavy atom. The summed E-state index contributed by atoms with van der Waals surface area (Å²) in [5.41, 5.74) is 1.22. The summed E-state index contributed by atoms with van der Waals surface area (Å²) in [6, 6.07) is 7.45. The minimum atomic E-state index is -2.55. The summed E-state index contributed by atoms with van der Waals surface area (Å²) in [5.74, 6) is 0.479. The lowest BCUT2D eigenvalue weighted by Gasteiger charge is -2.06. The van der Waals surface area contributed by atoms with Gasteiger partial charge < -0.3 is 0 Å². The van der Waals surface area contributed by atoms with Crippen molar-refractivity contribution >= 4 is 9.73 Å². The van der Waals surface area contributed by atoms with Crippen LogP contribution >= 0.6 is 0 Å². The molecule has 0 bridgehead atoms. The predicted octanol–water partition coefficient (Wildman–Crippen LogP) is 2.85. The fourth-order valence-electron chi connectivity index (χ4n) is 1.11.